The Morgan fingerprint density at radius 2 is 1.89 bits per heavy atom. The Labute approximate surface area is 203 Å². The molecular weight excluding hydrogens is 446 g/mol. The molecule has 2 aliphatic heterocycles. The third-order valence-electron chi connectivity index (χ3n) is 6.46. The summed E-state index contributed by atoms with van der Waals surface area (Å²) in [5.74, 6) is -0.836. The van der Waals surface area contributed by atoms with E-state index >= 15 is 0 Å². The fourth-order valence-electron chi connectivity index (χ4n) is 4.61. The summed E-state index contributed by atoms with van der Waals surface area (Å²) < 4.78 is 13.1. The minimum atomic E-state index is -0.747. The van der Waals surface area contributed by atoms with Crippen molar-refractivity contribution in [2.24, 2.45) is 0 Å². The Morgan fingerprint density at radius 1 is 1.11 bits per heavy atom. The van der Waals surface area contributed by atoms with Gasteiger partial charge in [0.1, 0.15) is 25.6 Å². The van der Waals surface area contributed by atoms with Gasteiger partial charge >= 0.3 is 0 Å². The van der Waals surface area contributed by atoms with Crippen LogP contribution < -0.4 is 19.1 Å². The van der Waals surface area contributed by atoms with Crippen LogP contribution in [0.2, 0.25) is 0 Å². The molecule has 8 heteroatoms. The first kappa shape index (κ1) is 22.7. The van der Waals surface area contributed by atoms with Gasteiger partial charge < -0.3 is 19.5 Å². The summed E-state index contributed by atoms with van der Waals surface area (Å²) in [5, 5.41) is 13.7. The zero-order valence-corrected chi connectivity index (χ0v) is 19.5. The number of benzene rings is 2. The van der Waals surface area contributed by atoms with Crippen molar-refractivity contribution in [1.29, 1.82) is 0 Å². The molecule has 2 aromatic carbocycles. The van der Waals surface area contributed by atoms with Crippen molar-refractivity contribution in [2.75, 3.05) is 19.8 Å². The summed E-state index contributed by atoms with van der Waals surface area (Å²) in [7, 11) is 0. The van der Waals surface area contributed by atoms with Crippen molar-refractivity contribution in [2.45, 2.75) is 32.4 Å². The van der Waals surface area contributed by atoms with Crippen LogP contribution in [-0.2, 0) is 22.6 Å². The molecule has 0 saturated carbocycles. The average Bonchev–Trinajstić information content (AvgIpc) is 3.50. The minimum absolute atomic E-state index is 0.0229. The van der Waals surface area contributed by atoms with E-state index in [1.807, 2.05) is 47.6 Å². The molecule has 3 heterocycles. The van der Waals surface area contributed by atoms with Gasteiger partial charge in [-0.05, 0) is 35.2 Å². The lowest BCUT2D eigenvalue weighted by Gasteiger charge is -2.28. The van der Waals surface area contributed by atoms with Gasteiger partial charge in [0.05, 0.1) is 12.6 Å². The lowest BCUT2D eigenvalue weighted by atomic mass is 9.94. The number of aromatic nitrogens is 2. The van der Waals surface area contributed by atoms with E-state index in [0.29, 0.717) is 49.8 Å². The molecule has 1 amide bonds. The molecule has 1 atom stereocenters. The summed E-state index contributed by atoms with van der Waals surface area (Å²) in [6.07, 6.45) is 7.06. The standard InChI is InChI=1S/C27H27N3O5/c1-2-18-4-6-19(7-5-18)24-23(25(31)20-8-9-21-22(16-20)35-15-14-34-21)26(32)27(33)30(24)12-3-11-29-13-10-28-17-29/h4-10,13,16-17,24H,2-3,11-12,14-15H2,1H3,(H,31,32). The van der Waals surface area contributed by atoms with Gasteiger partial charge in [0.2, 0.25) is 12.1 Å². The molecular formula is C27H27N3O5. The van der Waals surface area contributed by atoms with Crippen molar-refractivity contribution >= 4 is 17.4 Å². The van der Waals surface area contributed by atoms with E-state index < -0.39 is 23.5 Å². The number of nitrogens with zero attached hydrogens (tertiary/aromatic N) is 2. The summed E-state index contributed by atoms with van der Waals surface area (Å²) in [6, 6.07) is 11.9. The van der Waals surface area contributed by atoms with Crippen LogP contribution in [-0.4, -0.2) is 41.3 Å². The lowest BCUT2D eigenvalue weighted by Crippen LogP contribution is -2.36. The first-order valence-electron chi connectivity index (χ1n) is 11.8. The number of fused-ring (bicyclic) bond motifs is 1. The normalized spacial score (nSPS) is 18.8. The summed E-state index contributed by atoms with van der Waals surface area (Å²) in [6.45, 7) is 3.91. The van der Waals surface area contributed by atoms with E-state index in [1.165, 1.54) is 4.90 Å². The zero-order chi connectivity index (χ0) is 24.4. The third-order valence-corrected chi connectivity index (χ3v) is 6.46. The van der Waals surface area contributed by atoms with Gasteiger partial charge in [-0.15, -0.1) is 0 Å². The lowest BCUT2D eigenvalue weighted by molar-refractivity contribution is -0.695. The van der Waals surface area contributed by atoms with Gasteiger partial charge in [0.15, 0.2) is 11.5 Å². The number of H-pyrrole nitrogens is 1. The Hall–Kier alpha value is -4.07. The quantitative estimate of drug-likeness (QED) is 0.245. The largest absolute Gasteiger partial charge is 0.872 e. The summed E-state index contributed by atoms with van der Waals surface area (Å²) >= 11 is 0. The van der Waals surface area contributed by atoms with Gasteiger partial charge in [-0.25, -0.2) is 4.57 Å². The Morgan fingerprint density at radius 3 is 2.60 bits per heavy atom. The molecule has 0 radical (unpaired) electrons. The van der Waals surface area contributed by atoms with E-state index in [0.717, 1.165) is 17.5 Å². The second-order valence-corrected chi connectivity index (χ2v) is 8.63. The van der Waals surface area contributed by atoms with Crippen LogP contribution in [0.1, 0.15) is 36.1 Å². The van der Waals surface area contributed by atoms with Gasteiger partial charge in [0, 0.05) is 18.5 Å². The molecule has 1 N–H and O–H groups in total. The fourth-order valence-corrected chi connectivity index (χ4v) is 4.61. The molecule has 8 nitrogen and oxygen atoms in total. The first-order valence-corrected chi connectivity index (χ1v) is 11.8. The molecule has 0 aliphatic carbocycles. The third kappa shape index (κ3) is 4.39. The molecule has 1 fully saturated rings. The highest BCUT2D eigenvalue weighted by atomic mass is 16.6. The number of ketones is 1. The van der Waals surface area contributed by atoms with Crippen molar-refractivity contribution in [3.8, 4) is 11.5 Å². The maximum absolute atomic E-state index is 13.7. The molecule has 1 saturated heterocycles. The Kier molecular flexibility index (Phi) is 6.27. The molecule has 5 rings (SSSR count). The van der Waals surface area contributed by atoms with Crippen molar-refractivity contribution in [3.63, 3.8) is 0 Å². The van der Waals surface area contributed by atoms with Crippen molar-refractivity contribution in [1.82, 2.24) is 9.88 Å². The minimum Gasteiger partial charge on any atom is -0.872 e. The number of hydrogen-bond donors (Lipinski definition) is 1. The second kappa shape index (κ2) is 9.66. The average molecular weight is 474 g/mol. The van der Waals surface area contributed by atoms with E-state index in [4.69, 9.17) is 9.47 Å². The molecule has 0 spiro atoms. The highest BCUT2D eigenvalue weighted by Crippen LogP contribution is 2.40. The number of amides is 1. The molecule has 35 heavy (non-hydrogen) atoms. The second-order valence-electron chi connectivity index (χ2n) is 8.63. The molecule has 3 aromatic rings. The summed E-state index contributed by atoms with van der Waals surface area (Å²) in [5.41, 5.74) is 2.16. The Balaban J connectivity index is 1.53. The van der Waals surface area contributed by atoms with Crippen molar-refractivity contribution in [3.05, 3.63) is 83.4 Å². The number of imidazole rings is 1. The van der Waals surface area contributed by atoms with E-state index in [-0.39, 0.29) is 5.57 Å². The highest BCUT2D eigenvalue weighted by Gasteiger charge is 2.44. The SMILES string of the molecule is CCc1ccc(C2C(=C([O-])c3ccc4c(c3)OCCO4)C(=O)C(=O)N2CCC[n+]2cc[nH]c2)cc1. The van der Waals surface area contributed by atoms with Crippen molar-refractivity contribution < 1.29 is 28.7 Å². The zero-order valence-electron chi connectivity index (χ0n) is 19.5. The maximum atomic E-state index is 13.7. The molecule has 1 unspecified atom stereocenters. The van der Waals surface area contributed by atoms with Gasteiger partial charge in [-0.1, -0.05) is 43.0 Å². The van der Waals surface area contributed by atoms with Crippen LogP contribution in [0.5, 0.6) is 11.5 Å². The number of likely N-dealkylation sites (tertiary alicyclic amines) is 1. The predicted octanol–water partition coefficient (Wildman–Crippen LogP) is 1.95. The van der Waals surface area contributed by atoms with E-state index in [2.05, 4.69) is 11.9 Å². The molecule has 180 valence electrons. The number of hydrogen-bond acceptors (Lipinski definition) is 5. The highest BCUT2D eigenvalue weighted by molar-refractivity contribution is 6.46. The van der Waals surface area contributed by atoms with Gasteiger partial charge in [0.25, 0.3) is 5.91 Å². The molecule has 1 aromatic heterocycles. The molecule has 2 aliphatic rings. The first-order chi connectivity index (χ1) is 17.1. The number of ether oxygens (including phenoxy) is 2. The van der Waals surface area contributed by atoms with Gasteiger partial charge in [-0.3, -0.25) is 14.6 Å². The number of nitrogens with one attached hydrogen (secondary N) is 1. The van der Waals surface area contributed by atoms with Crippen LogP contribution in [0.15, 0.2) is 66.8 Å². The number of aromatic amines is 1. The number of carbonyl (C=O) groups excluding carboxylic acids is 2. The van der Waals surface area contributed by atoms with E-state index in [1.54, 1.807) is 18.2 Å². The topological polar surface area (TPSA) is 98.6 Å². The van der Waals surface area contributed by atoms with Gasteiger partial charge in [-0.2, -0.15) is 0 Å². The summed E-state index contributed by atoms with van der Waals surface area (Å²) in [4.78, 5) is 30.9. The predicted molar refractivity (Wildman–Crippen MR) is 125 cm³/mol. The van der Waals surface area contributed by atoms with Crippen LogP contribution >= 0.6 is 0 Å². The molecule has 0 bridgehead atoms. The smallest absolute Gasteiger partial charge is 0.295 e. The number of Topliss-reactive ketones (excluding diaryl/α,β-unsaturated/α-hetero) is 1. The number of carbonyl (C=O) groups is 2. The number of aryl methyl sites for hydroxylation is 2. The monoisotopic (exact) mass is 473 g/mol. The Bertz CT molecular complexity index is 1260. The number of rotatable bonds is 7. The maximum Gasteiger partial charge on any atom is 0.295 e. The fraction of sp³-hybridized carbons (Fsp3) is 0.296. The van der Waals surface area contributed by atoms with Crippen LogP contribution in [0.25, 0.3) is 5.76 Å². The van der Waals surface area contributed by atoms with Crippen LogP contribution in [0.3, 0.4) is 0 Å². The van der Waals surface area contributed by atoms with Crippen LogP contribution in [0.4, 0.5) is 0 Å². The van der Waals surface area contributed by atoms with E-state index in [9.17, 15) is 14.7 Å². The van der Waals surface area contributed by atoms with Crippen LogP contribution in [0, 0.1) is 0 Å².